The van der Waals surface area contributed by atoms with Crippen molar-refractivity contribution in [3.8, 4) is 5.75 Å². The Morgan fingerprint density at radius 1 is 1.42 bits per heavy atom. The minimum Gasteiger partial charge on any atom is -0.429 e. The van der Waals surface area contributed by atoms with Crippen molar-refractivity contribution in [1.82, 2.24) is 0 Å². The highest BCUT2D eigenvalue weighted by Crippen LogP contribution is 2.17. The van der Waals surface area contributed by atoms with Gasteiger partial charge in [0.1, 0.15) is 12.4 Å². The van der Waals surface area contributed by atoms with E-state index in [0.29, 0.717) is 0 Å². The smallest absolute Gasteiger partial charge is 0.429 e. The van der Waals surface area contributed by atoms with Gasteiger partial charge in [-0.15, -0.1) is 0 Å². The normalized spacial score (nSPS) is 10.7. The molecule has 0 N–H and O–H groups in total. The number of ether oxygens (including phenoxy) is 2. The molecule has 0 aliphatic heterocycles. The molecule has 0 saturated carbocycles. The summed E-state index contributed by atoms with van der Waals surface area (Å²) in [6, 6.07) is 5.13. The molecule has 0 heterocycles. The third-order valence-corrected chi connectivity index (χ3v) is 2.24. The van der Waals surface area contributed by atoms with Crippen LogP contribution in [-0.4, -0.2) is 17.7 Å². The predicted molar refractivity (Wildman–Crippen MR) is 69.0 cm³/mol. The van der Waals surface area contributed by atoms with Crippen LogP contribution in [-0.2, 0) is 4.74 Å². The Morgan fingerprint density at radius 3 is 2.53 bits per heavy atom. The highest BCUT2D eigenvalue weighted by molar-refractivity contribution is 5.64. The van der Waals surface area contributed by atoms with Crippen LogP contribution >= 0.6 is 0 Å². The SMILES string of the molecule is C=C/C(=C\C)COC(=O)Oc1ccc([N+](=O)[O-])cc1. The van der Waals surface area contributed by atoms with Crippen LogP contribution in [0, 0.1) is 10.1 Å². The lowest BCUT2D eigenvalue weighted by molar-refractivity contribution is -0.384. The molecule has 0 fully saturated rings. The minimum atomic E-state index is -0.880. The number of benzene rings is 1. The molecule has 0 atom stereocenters. The van der Waals surface area contributed by atoms with Gasteiger partial charge in [-0.3, -0.25) is 10.1 Å². The molecule has 0 radical (unpaired) electrons. The van der Waals surface area contributed by atoms with Gasteiger partial charge in [0.25, 0.3) is 5.69 Å². The van der Waals surface area contributed by atoms with Crippen molar-refractivity contribution in [3.05, 3.63) is 58.7 Å². The molecular formula is C13H13NO5. The molecule has 1 aromatic rings. The van der Waals surface area contributed by atoms with Crippen molar-refractivity contribution in [2.45, 2.75) is 6.92 Å². The monoisotopic (exact) mass is 263 g/mol. The standard InChI is InChI=1S/C13H13NO5/c1-3-10(4-2)9-18-13(15)19-12-7-5-11(6-8-12)14(16)17/h3-8H,1,9H2,2H3/b10-4+. The highest BCUT2D eigenvalue weighted by atomic mass is 16.7. The van der Waals surface area contributed by atoms with Crippen molar-refractivity contribution in [2.24, 2.45) is 0 Å². The maximum absolute atomic E-state index is 11.3. The first-order chi connectivity index (χ1) is 9.06. The Balaban J connectivity index is 2.53. The maximum atomic E-state index is 11.3. The van der Waals surface area contributed by atoms with E-state index in [4.69, 9.17) is 9.47 Å². The number of hydrogen-bond donors (Lipinski definition) is 0. The molecule has 100 valence electrons. The largest absolute Gasteiger partial charge is 0.514 e. The molecule has 0 aliphatic rings. The molecule has 0 saturated heterocycles. The Hall–Kier alpha value is -2.63. The summed E-state index contributed by atoms with van der Waals surface area (Å²) in [6.45, 7) is 5.41. The number of hydrogen-bond acceptors (Lipinski definition) is 5. The van der Waals surface area contributed by atoms with E-state index >= 15 is 0 Å². The lowest BCUT2D eigenvalue weighted by atomic mass is 10.3. The average Bonchev–Trinajstić information content (AvgIpc) is 2.40. The Kier molecular flexibility index (Phi) is 5.28. The predicted octanol–water partition coefficient (Wildman–Crippen LogP) is 3.24. The van der Waals surface area contributed by atoms with E-state index < -0.39 is 11.1 Å². The summed E-state index contributed by atoms with van der Waals surface area (Å²) in [6.07, 6.45) is 2.45. The molecule has 0 spiro atoms. The van der Waals surface area contributed by atoms with E-state index in [2.05, 4.69) is 6.58 Å². The van der Waals surface area contributed by atoms with Gasteiger partial charge in [-0.05, 0) is 24.6 Å². The Labute approximate surface area is 110 Å². The molecular weight excluding hydrogens is 250 g/mol. The molecule has 0 amide bonds. The minimum absolute atomic E-state index is 0.0613. The molecule has 19 heavy (non-hydrogen) atoms. The molecule has 0 aliphatic carbocycles. The van der Waals surface area contributed by atoms with Crippen LogP contribution in [0.3, 0.4) is 0 Å². The fourth-order valence-electron chi connectivity index (χ4n) is 1.16. The van der Waals surface area contributed by atoms with Gasteiger partial charge in [0, 0.05) is 12.1 Å². The van der Waals surface area contributed by atoms with Crippen molar-refractivity contribution in [3.63, 3.8) is 0 Å². The lowest BCUT2D eigenvalue weighted by Crippen LogP contribution is -2.12. The fourth-order valence-corrected chi connectivity index (χ4v) is 1.16. The first kappa shape index (κ1) is 14.4. The van der Waals surface area contributed by atoms with Crippen LogP contribution in [0.15, 0.2) is 48.6 Å². The Bertz CT molecular complexity index is 504. The number of nitrogens with zero attached hydrogens (tertiary/aromatic N) is 1. The van der Waals surface area contributed by atoms with Crippen molar-refractivity contribution in [2.75, 3.05) is 6.61 Å². The van der Waals surface area contributed by atoms with Crippen LogP contribution < -0.4 is 4.74 Å². The molecule has 0 aromatic heterocycles. The summed E-state index contributed by atoms with van der Waals surface area (Å²) in [5, 5.41) is 10.4. The summed E-state index contributed by atoms with van der Waals surface area (Å²) in [7, 11) is 0. The van der Waals surface area contributed by atoms with E-state index in [0.717, 1.165) is 5.57 Å². The molecule has 1 aromatic carbocycles. The summed E-state index contributed by atoms with van der Waals surface area (Å²) >= 11 is 0. The number of allylic oxidation sites excluding steroid dienone is 1. The quantitative estimate of drug-likeness (QED) is 0.268. The van der Waals surface area contributed by atoms with Gasteiger partial charge in [0.05, 0.1) is 4.92 Å². The summed E-state index contributed by atoms with van der Waals surface area (Å²) in [5.74, 6) is 0.177. The molecule has 6 nitrogen and oxygen atoms in total. The zero-order valence-corrected chi connectivity index (χ0v) is 10.4. The van der Waals surface area contributed by atoms with Gasteiger partial charge in [-0.25, -0.2) is 4.79 Å². The van der Waals surface area contributed by atoms with Crippen LogP contribution in [0.4, 0.5) is 10.5 Å². The number of carbonyl (C=O) groups is 1. The zero-order chi connectivity index (χ0) is 14.3. The fraction of sp³-hybridized carbons (Fsp3) is 0.154. The summed E-state index contributed by atoms with van der Waals surface area (Å²) < 4.78 is 9.68. The molecule has 0 unspecified atom stereocenters. The van der Waals surface area contributed by atoms with Crippen LogP contribution in [0.2, 0.25) is 0 Å². The second-order valence-electron chi connectivity index (χ2n) is 3.46. The maximum Gasteiger partial charge on any atom is 0.514 e. The summed E-state index contributed by atoms with van der Waals surface area (Å²) in [5.41, 5.74) is 0.671. The van der Waals surface area contributed by atoms with Gasteiger partial charge in [-0.1, -0.05) is 18.7 Å². The molecule has 1 rings (SSSR count). The zero-order valence-electron chi connectivity index (χ0n) is 10.4. The second kappa shape index (κ2) is 6.95. The summed E-state index contributed by atoms with van der Waals surface area (Å²) in [4.78, 5) is 21.2. The van der Waals surface area contributed by atoms with Gasteiger partial charge < -0.3 is 9.47 Å². The Morgan fingerprint density at radius 2 is 2.05 bits per heavy atom. The van der Waals surface area contributed by atoms with Crippen LogP contribution in [0.25, 0.3) is 0 Å². The highest BCUT2D eigenvalue weighted by Gasteiger charge is 2.09. The van der Waals surface area contributed by atoms with E-state index in [1.807, 2.05) is 0 Å². The molecule has 0 bridgehead atoms. The van der Waals surface area contributed by atoms with Gasteiger partial charge in [0.2, 0.25) is 0 Å². The second-order valence-corrected chi connectivity index (χ2v) is 3.46. The first-order valence-corrected chi connectivity index (χ1v) is 5.43. The third-order valence-electron chi connectivity index (χ3n) is 2.24. The van der Waals surface area contributed by atoms with Crippen LogP contribution in [0.1, 0.15) is 6.92 Å². The van der Waals surface area contributed by atoms with E-state index in [9.17, 15) is 14.9 Å². The lowest BCUT2D eigenvalue weighted by Gasteiger charge is -2.05. The van der Waals surface area contributed by atoms with Crippen molar-refractivity contribution in [1.29, 1.82) is 0 Å². The number of carbonyl (C=O) groups excluding carboxylic acids is 1. The van der Waals surface area contributed by atoms with Crippen molar-refractivity contribution < 1.29 is 19.2 Å². The number of nitro benzene ring substituents is 1. The van der Waals surface area contributed by atoms with E-state index in [1.54, 1.807) is 19.1 Å². The van der Waals surface area contributed by atoms with Crippen LogP contribution in [0.5, 0.6) is 5.75 Å². The van der Waals surface area contributed by atoms with Crippen molar-refractivity contribution >= 4 is 11.8 Å². The van der Waals surface area contributed by atoms with Gasteiger partial charge in [-0.2, -0.15) is 0 Å². The third kappa shape index (κ3) is 4.63. The number of nitro groups is 1. The van der Waals surface area contributed by atoms with Gasteiger partial charge in [0.15, 0.2) is 0 Å². The number of rotatable bonds is 5. The first-order valence-electron chi connectivity index (χ1n) is 5.43. The molecule has 6 heteroatoms. The average molecular weight is 263 g/mol. The topological polar surface area (TPSA) is 78.7 Å². The van der Waals surface area contributed by atoms with Gasteiger partial charge >= 0.3 is 6.16 Å². The van der Waals surface area contributed by atoms with E-state index in [1.165, 1.54) is 24.3 Å². The van der Waals surface area contributed by atoms with E-state index in [-0.39, 0.29) is 18.0 Å². The number of non-ortho nitro benzene ring substituents is 1.